The van der Waals surface area contributed by atoms with Crippen molar-refractivity contribution in [3.8, 4) is 5.75 Å². The first-order valence-electron chi connectivity index (χ1n) is 7.54. The van der Waals surface area contributed by atoms with Crippen LogP contribution in [-0.2, 0) is 7.05 Å². The maximum atomic E-state index is 6.06. The normalized spacial score (nSPS) is 12.7. The SMILES string of the molecule is CCOc1ccccc1C(CN)c1cc(C(C)C)nn1C. The van der Waals surface area contributed by atoms with E-state index in [1.807, 2.05) is 36.9 Å². The molecule has 1 atom stereocenters. The fourth-order valence-electron chi connectivity index (χ4n) is 2.58. The molecule has 0 spiro atoms. The van der Waals surface area contributed by atoms with Crippen LogP contribution in [0.1, 0.15) is 49.6 Å². The van der Waals surface area contributed by atoms with Crippen molar-refractivity contribution in [3.05, 3.63) is 47.3 Å². The van der Waals surface area contributed by atoms with Crippen LogP contribution in [0.2, 0.25) is 0 Å². The average molecular weight is 287 g/mol. The number of aryl methyl sites for hydroxylation is 1. The Hall–Kier alpha value is -1.81. The molecular formula is C17H25N3O. The fraction of sp³-hybridized carbons (Fsp3) is 0.471. The Bertz CT molecular complexity index is 589. The Morgan fingerprint density at radius 3 is 2.57 bits per heavy atom. The second-order valence-electron chi connectivity index (χ2n) is 5.53. The van der Waals surface area contributed by atoms with E-state index in [1.54, 1.807) is 0 Å². The number of ether oxygens (including phenoxy) is 1. The summed E-state index contributed by atoms with van der Waals surface area (Å²) < 4.78 is 7.69. The van der Waals surface area contributed by atoms with Gasteiger partial charge in [0, 0.05) is 30.8 Å². The zero-order valence-corrected chi connectivity index (χ0v) is 13.3. The highest BCUT2D eigenvalue weighted by molar-refractivity contribution is 5.41. The molecule has 4 heteroatoms. The lowest BCUT2D eigenvalue weighted by molar-refractivity contribution is 0.335. The van der Waals surface area contributed by atoms with E-state index >= 15 is 0 Å². The van der Waals surface area contributed by atoms with Crippen molar-refractivity contribution in [2.75, 3.05) is 13.2 Å². The van der Waals surface area contributed by atoms with Gasteiger partial charge in [-0.25, -0.2) is 0 Å². The monoisotopic (exact) mass is 287 g/mol. The molecule has 1 heterocycles. The fourth-order valence-corrected chi connectivity index (χ4v) is 2.58. The molecule has 0 saturated carbocycles. The smallest absolute Gasteiger partial charge is 0.123 e. The van der Waals surface area contributed by atoms with E-state index < -0.39 is 0 Å². The van der Waals surface area contributed by atoms with E-state index in [9.17, 15) is 0 Å². The minimum Gasteiger partial charge on any atom is -0.494 e. The summed E-state index contributed by atoms with van der Waals surface area (Å²) in [5.41, 5.74) is 9.41. The van der Waals surface area contributed by atoms with Gasteiger partial charge in [0.15, 0.2) is 0 Å². The lowest BCUT2D eigenvalue weighted by atomic mass is 9.94. The molecule has 114 valence electrons. The van der Waals surface area contributed by atoms with Crippen molar-refractivity contribution in [3.63, 3.8) is 0 Å². The van der Waals surface area contributed by atoms with Gasteiger partial charge >= 0.3 is 0 Å². The van der Waals surface area contributed by atoms with Crippen molar-refractivity contribution in [2.24, 2.45) is 12.8 Å². The van der Waals surface area contributed by atoms with Crippen LogP contribution in [0.5, 0.6) is 5.75 Å². The molecule has 4 nitrogen and oxygen atoms in total. The molecule has 1 unspecified atom stereocenters. The van der Waals surface area contributed by atoms with Crippen molar-refractivity contribution < 1.29 is 4.74 Å². The van der Waals surface area contributed by atoms with Gasteiger partial charge in [-0.3, -0.25) is 4.68 Å². The third kappa shape index (κ3) is 3.27. The zero-order chi connectivity index (χ0) is 15.4. The Morgan fingerprint density at radius 1 is 1.29 bits per heavy atom. The van der Waals surface area contributed by atoms with Gasteiger partial charge in [0.05, 0.1) is 12.3 Å². The predicted octanol–water partition coefficient (Wildman–Crippen LogP) is 3.03. The molecule has 21 heavy (non-hydrogen) atoms. The highest BCUT2D eigenvalue weighted by Gasteiger charge is 2.21. The van der Waals surface area contributed by atoms with Gasteiger partial charge in [0.25, 0.3) is 0 Å². The number of aromatic nitrogens is 2. The first kappa shape index (κ1) is 15.6. The highest BCUT2D eigenvalue weighted by atomic mass is 16.5. The van der Waals surface area contributed by atoms with Crippen LogP contribution in [0.25, 0.3) is 0 Å². The standard InChI is InChI=1S/C17H25N3O/c1-5-21-17-9-7-6-8-13(17)14(11-18)16-10-15(12(2)3)19-20(16)4/h6-10,12,14H,5,11,18H2,1-4H3. The summed E-state index contributed by atoms with van der Waals surface area (Å²) in [4.78, 5) is 0. The second-order valence-corrected chi connectivity index (χ2v) is 5.53. The lowest BCUT2D eigenvalue weighted by Gasteiger charge is -2.19. The molecule has 0 saturated heterocycles. The number of hydrogen-bond donors (Lipinski definition) is 1. The van der Waals surface area contributed by atoms with Gasteiger partial charge < -0.3 is 10.5 Å². The summed E-state index contributed by atoms with van der Waals surface area (Å²) in [7, 11) is 1.98. The first-order chi connectivity index (χ1) is 10.1. The molecule has 0 radical (unpaired) electrons. The van der Waals surface area contributed by atoms with Crippen LogP contribution >= 0.6 is 0 Å². The molecule has 0 fully saturated rings. The van der Waals surface area contributed by atoms with E-state index in [0.717, 1.165) is 22.7 Å². The van der Waals surface area contributed by atoms with Crippen molar-refractivity contribution in [2.45, 2.75) is 32.6 Å². The highest BCUT2D eigenvalue weighted by Crippen LogP contribution is 2.32. The largest absolute Gasteiger partial charge is 0.494 e. The van der Waals surface area contributed by atoms with E-state index in [4.69, 9.17) is 10.5 Å². The summed E-state index contributed by atoms with van der Waals surface area (Å²) in [5, 5.41) is 4.60. The number of rotatable bonds is 6. The van der Waals surface area contributed by atoms with Crippen LogP contribution in [0.4, 0.5) is 0 Å². The van der Waals surface area contributed by atoms with Gasteiger partial charge in [-0.2, -0.15) is 5.10 Å². The van der Waals surface area contributed by atoms with Crippen molar-refractivity contribution in [1.29, 1.82) is 0 Å². The van der Waals surface area contributed by atoms with Gasteiger partial charge in [-0.1, -0.05) is 32.0 Å². The van der Waals surface area contributed by atoms with Gasteiger partial charge in [0.1, 0.15) is 5.75 Å². The Labute approximate surface area is 126 Å². The molecule has 2 aromatic rings. The molecular weight excluding hydrogens is 262 g/mol. The number of benzene rings is 1. The summed E-state index contributed by atoms with van der Waals surface area (Å²) in [5.74, 6) is 1.41. The van der Waals surface area contributed by atoms with Crippen LogP contribution in [0.15, 0.2) is 30.3 Å². The Kier molecular flexibility index (Phi) is 5.02. The molecule has 2 rings (SSSR count). The van der Waals surface area contributed by atoms with E-state index in [1.165, 1.54) is 0 Å². The third-order valence-electron chi connectivity index (χ3n) is 3.71. The molecule has 0 aliphatic heterocycles. The van der Waals surface area contributed by atoms with Gasteiger partial charge in [-0.05, 0) is 25.0 Å². The van der Waals surface area contributed by atoms with E-state index in [0.29, 0.717) is 19.1 Å². The quantitative estimate of drug-likeness (QED) is 0.888. The van der Waals surface area contributed by atoms with Crippen molar-refractivity contribution in [1.82, 2.24) is 9.78 Å². The Balaban J connectivity index is 2.45. The second kappa shape index (κ2) is 6.76. The molecule has 1 aromatic heterocycles. The molecule has 0 bridgehead atoms. The molecule has 0 amide bonds. The van der Waals surface area contributed by atoms with Gasteiger partial charge in [0.2, 0.25) is 0 Å². The molecule has 2 N–H and O–H groups in total. The maximum Gasteiger partial charge on any atom is 0.123 e. The average Bonchev–Trinajstić information content (AvgIpc) is 2.84. The van der Waals surface area contributed by atoms with Crippen LogP contribution in [0.3, 0.4) is 0 Å². The summed E-state index contributed by atoms with van der Waals surface area (Å²) in [6, 6.07) is 10.3. The predicted molar refractivity (Wildman–Crippen MR) is 85.8 cm³/mol. The van der Waals surface area contributed by atoms with Gasteiger partial charge in [-0.15, -0.1) is 0 Å². The maximum absolute atomic E-state index is 6.06. The third-order valence-corrected chi connectivity index (χ3v) is 3.71. The van der Waals surface area contributed by atoms with Crippen molar-refractivity contribution >= 4 is 0 Å². The summed E-state index contributed by atoms with van der Waals surface area (Å²) in [6.45, 7) is 7.47. The summed E-state index contributed by atoms with van der Waals surface area (Å²) >= 11 is 0. The van der Waals surface area contributed by atoms with Crippen LogP contribution in [-0.4, -0.2) is 22.9 Å². The first-order valence-corrected chi connectivity index (χ1v) is 7.54. The molecule has 0 aliphatic carbocycles. The lowest BCUT2D eigenvalue weighted by Crippen LogP contribution is -2.18. The van der Waals surface area contributed by atoms with E-state index in [2.05, 4.69) is 31.1 Å². The Morgan fingerprint density at radius 2 is 2.00 bits per heavy atom. The number of para-hydroxylation sites is 1. The van der Waals surface area contributed by atoms with E-state index in [-0.39, 0.29) is 5.92 Å². The number of nitrogens with zero attached hydrogens (tertiary/aromatic N) is 2. The topological polar surface area (TPSA) is 53.1 Å². The number of hydrogen-bond acceptors (Lipinski definition) is 3. The minimum absolute atomic E-state index is 0.0951. The molecule has 1 aromatic carbocycles. The van der Waals surface area contributed by atoms with Crippen LogP contribution in [0, 0.1) is 0 Å². The summed E-state index contributed by atoms with van der Waals surface area (Å²) in [6.07, 6.45) is 0. The minimum atomic E-state index is 0.0951. The zero-order valence-electron chi connectivity index (χ0n) is 13.3. The molecule has 0 aliphatic rings. The van der Waals surface area contributed by atoms with Crippen LogP contribution < -0.4 is 10.5 Å². The number of nitrogens with two attached hydrogens (primary N) is 1.